The van der Waals surface area contributed by atoms with Gasteiger partial charge in [-0.1, -0.05) is 30.3 Å². The summed E-state index contributed by atoms with van der Waals surface area (Å²) in [6.45, 7) is 0. The summed E-state index contributed by atoms with van der Waals surface area (Å²) in [4.78, 5) is 0. The molecule has 0 aliphatic rings. The Morgan fingerprint density at radius 1 is 0.882 bits per heavy atom. The van der Waals surface area contributed by atoms with Gasteiger partial charge in [-0.05, 0) is 5.56 Å². The molecule has 1 atom stereocenters. The lowest BCUT2D eigenvalue weighted by atomic mass is 10.0. The molecule has 1 N–H and O–H groups in total. The van der Waals surface area contributed by atoms with Gasteiger partial charge in [0.1, 0.15) is 23.6 Å². The second-order valence-corrected chi connectivity index (χ2v) is 3.60. The van der Waals surface area contributed by atoms with Gasteiger partial charge in [-0.25, -0.2) is 13.2 Å². The molecule has 0 aromatic heterocycles. The molecule has 2 aromatic rings. The Kier molecular flexibility index (Phi) is 3.15. The first kappa shape index (κ1) is 11.7. The van der Waals surface area contributed by atoms with Crippen LogP contribution in [0.2, 0.25) is 0 Å². The summed E-state index contributed by atoms with van der Waals surface area (Å²) < 4.78 is 39.5. The average Bonchev–Trinajstić information content (AvgIpc) is 2.28. The van der Waals surface area contributed by atoms with Crippen LogP contribution in [0.15, 0.2) is 42.5 Å². The SMILES string of the molecule is OC(c1ccccc1)c1c(F)cc(F)cc1F. The van der Waals surface area contributed by atoms with E-state index < -0.39 is 29.1 Å². The Balaban J connectivity index is 2.48. The highest BCUT2D eigenvalue weighted by Crippen LogP contribution is 2.27. The summed E-state index contributed by atoms with van der Waals surface area (Å²) in [6, 6.07) is 9.15. The van der Waals surface area contributed by atoms with E-state index >= 15 is 0 Å². The molecule has 1 nitrogen and oxygen atoms in total. The van der Waals surface area contributed by atoms with Gasteiger partial charge < -0.3 is 5.11 Å². The minimum Gasteiger partial charge on any atom is -0.383 e. The van der Waals surface area contributed by atoms with E-state index in [9.17, 15) is 18.3 Å². The minimum absolute atomic E-state index is 0.344. The second-order valence-electron chi connectivity index (χ2n) is 3.60. The molecule has 88 valence electrons. The van der Waals surface area contributed by atoms with Crippen LogP contribution < -0.4 is 0 Å². The van der Waals surface area contributed by atoms with Crippen molar-refractivity contribution in [1.82, 2.24) is 0 Å². The molecule has 0 amide bonds. The average molecular weight is 238 g/mol. The Hall–Kier alpha value is -1.81. The van der Waals surface area contributed by atoms with Crippen LogP contribution in [0.4, 0.5) is 13.2 Å². The van der Waals surface area contributed by atoms with E-state index in [0.29, 0.717) is 17.7 Å². The van der Waals surface area contributed by atoms with Crippen molar-refractivity contribution in [1.29, 1.82) is 0 Å². The molecule has 0 saturated heterocycles. The van der Waals surface area contributed by atoms with E-state index in [1.807, 2.05) is 0 Å². The molecule has 0 aliphatic carbocycles. The van der Waals surface area contributed by atoms with Crippen molar-refractivity contribution in [3.63, 3.8) is 0 Å². The predicted molar refractivity (Wildman–Crippen MR) is 56.8 cm³/mol. The largest absolute Gasteiger partial charge is 0.383 e. The van der Waals surface area contributed by atoms with Crippen LogP contribution in [-0.4, -0.2) is 5.11 Å². The van der Waals surface area contributed by atoms with Gasteiger partial charge in [0.15, 0.2) is 0 Å². The zero-order chi connectivity index (χ0) is 12.4. The Bertz CT molecular complexity index is 502. The second kappa shape index (κ2) is 4.59. The van der Waals surface area contributed by atoms with Gasteiger partial charge in [0, 0.05) is 12.1 Å². The van der Waals surface area contributed by atoms with Gasteiger partial charge in [0.05, 0.1) is 5.56 Å². The monoisotopic (exact) mass is 238 g/mol. The summed E-state index contributed by atoms with van der Waals surface area (Å²) >= 11 is 0. The topological polar surface area (TPSA) is 20.2 Å². The van der Waals surface area contributed by atoms with E-state index in [2.05, 4.69) is 0 Å². The van der Waals surface area contributed by atoms with Crippen molar-refractivity contribution in [3.05, 3.63) is 71.0 Å². The zero-order valence-electron chi connectivity index (χ0n) is 8.70. The van der Waals surface area contributed by atoms with Crippen molar-refractivity contribution in [2.75, 3.05) is 0 Å². The van der Waals surface area contributed by atoms with Gasteiger partial charge >= 0.3 is 0 Å². The van der Waals surface area contributed by atoms with E-state index in [1.165, 1.54) is 12.1 Å². The standard InChI is InChI=1S/C13H9F3O/c14-9-6-10(15)12(11(16)7-9)13(17)8-4-2-1-3-5-8/h1-7,13,17H. The molecule has 0 bridgehead atoms. The lowest BCUT2D eigenvalue weighted by molar-refractivity contribution is 0.208. The maximum absolute atomic E-state index is 13.4. The smallest absolute Gasteiger partial charge is 0.135 e. The maximum Gasteiger partial charge on any atom is 0.135 e. The Labute approximate surface area is 96.1 Å². The first-order valence-electron chi connectivity index (χ1n) is 4.97. The minimum atomic E-state index is -1.45. The van der Waals surface area contributed by atoms with Crippen LogP contribution in [0.5, 0.6) is 0 Å². The molecule has 0 saturated carbocycles. The predicted octanol–water partition coefficient (Wildman–Crippen LogP) is 3.19. The molecule has 0 spiro atoms. The number of aliphatic hydroxyl groups is 1. The van der Waals surface area contributed by atoms with Crippen LogP contribution in [0.25, 0.3) is 0 Å². The lowest BCUT2D eigenvalue weighted by Gasteiger charge is -2.13. The van der Waals surface area contributed by atoms with E-state index in [0.717, 1.165) is 0 Å². The molecule has 17 heavy (non-hydrogen) atoms. The maximum atomic E-state index is 13.4. The highest BCUT2D eigenvalue weighted by atomic mass is 19.1. The fourth-order valence-corrected chi connectivity index (χ4v) is 1.62. The van der Waals surface area contributed by atoms with E-state index in [1.54, 1.807) is 18.2 Å². The fourth-order valence-electron chi connectivity index (χ4n) is 1.62. The molecule has 1 unspecified atom stereocenters. The quantitative estimate of drug-likeness (QED) is 0.851. The fraction of sp³-hybridized carbons (Fsp3) is 0.0769. The highest BCUT2D eigenvalue weighted by molar-refractivity contribution is 5.32. The molecule has 0 heterocycles. The third-order valence-electron chi connectivity index (χ3n) is 2.43. The van der Waals surface area contributed by atoms with E-state index in [-0.39, 0.29) is 0 Å². The van der Waals surface area contributed by atoms with Gasteiger partial charge in [0.2, 0.25) is 0 Å². The number of rotatable bonds is 2. The summed E-state index contributed by atoms with van der Waals surface area (Å²) in [5, 5.41) is 9.84. The number of hydrogen-bond acceptors (Lipinski definition) is 1. The normalized spacial score (nSPS) is 12.5. The number of benzene rings is 2. The summed E-state index contributed by atoms with van der Waals surface area (Å²) in [5.74, 6) is -3.21. The number of hydrogen-bond donors (Lipinski definition) is 1. The van der Waals surface area contributed by atoms with Crippen LogP contribution in [-0.2, 0) is 0 Å². The van der Waals surface area contributed by atoms with Gasteiger partial charge in [-0.15, -0.1) is 0 Å². The Morgan fingerprint density at radius 3 is 1.94 bits per heavy atom. The van der Waals surface area contributed by atoms with Crippen LogP contribution in [0.3, 0.4) is 0 Å². The molecule has 4 heteroatoms. The summed E-state index contributed by atoms with van der Waals surface area (Å²) in [5.41, 5.74) is -0.200. The molecule has 2 rings (SSSR count). The highest BCUT2D eigenvalue weighted by Gasteiger charge is 2.20. The third-order valence-corrected chi connectivity index (χ3v) is 2.43. The first-order chi connectivity index (χ1) is 8.09. The van der Waals surface area contributed by atoms with Crippen LogP contribution in [0, 0.1) is 17.5 Å². The molecule has 0 aliphatic heterocycles. The first-order valence-corrected chi connectivity index (χ1v) is 4.97. The van der Waals surface area contributed by atoms with E-state index in [4.69, 9.17) is 0 Å². The molecule has 0 radical (unpaired) electrons. The zero-order valence-corrected chi connectivity index (χ0v) is 8.70. The Morgan fingerprint density at radius 2 is 1.41 bits per heavy atom. The van der Waals surface area contributed by atoms with Gasteiger partial charge in [-0.2, -0.15) is 0 Å². The van der Waals surface area contributed by atoms with Crippen LogP contribution in [0.1, 0.15) is 17.2 Å². The van der Waals surface area contributed by atoms with Crippen LogP contribution >= 0.6 is 0 Å². The summed E-state index contributed by atoms with van der Waals surface area (Å²) in [7, 11) is 0. The van der Waals surface area contributed by atoms with Crippen molar-refractivity contribution in [2.24, 2.45) is 0 Å². The summed E-state index contributed by atoms with van der Waals surface area (Å²) in [6.07, 6.45) is -1.45. The van der Waals surface area contributed by atoms with Gasteiger partial charge in [-0.3, -0.25) is 0 Å². The van der Waals surface area contributed by atoms with Crippen molar-refractivity contribution in [2.45, 2.75) is 6.10 Å². The van der Waals surface area contributed by atoms with Crippen molar-refractivity contribution in [3.8, 4) is 0 Å². The lowest BCUT2D eigenvalue weighted by Crippen LogP contribution is -2.06. The molecule has 0 fully saturated rings. The number of aliphatic hydroxyl groups excluding tert-OH is 1. The third kappa shape index (κ3) is 2.31. The molecular formula is C13H9F3O. The van der Waals surface area contributed by atoms with Crippen molar-refractivity contribution < 1.29 is 18.3 Å². The molecular weight excluding hydrogens is 229 g/mol. The number of halogens is 3. The van der Waals surface area contributed by atoms with Crippen molar-refractivity contribution >= 4 is 0 Å². The molecule has 2 aromatic carbocycles. The van der Waals surface area contributed by atoms with Gasteiger partial charge in [0.25, 0.3) is 0 Å².